The number of ether oxygens (including phenoxy) is 3. The molecule has 0 saturated carbocycles. The first-order valence-corrected chi connectivity index (χ1v) is 13.0. The van der Waals surface area contributed by atoms with Gasteiger partial charge in [0.1, 0.15) is 11.6 Å². The molecule has 0 N–H and O–H groups in total. The molecule has 37 heavy (non-hydrogen) atoms. The number of amides is 1. The largest absolute Gasteiger partial charge is 0.493 e. The van der Waals surface area contributed by atoms with E-state index in [2.05, 4.69) is 0 Å². The number of rotatable bonds is 14. The van der Waals surface area contributed by atoms with Crippen LogP contribution < -0.4 is 9.47 Å². The van der Waals surface area contributed by atoms with Gasteiger partial charge in [-0.25, -0.2) is 12.8 Å². The molecule has 9 nitrogen and oxygen atoms in total. The molecular weight excluding hydrogens is 503 g/mol. The number of carbonyl (C=O) groups excluding carboxylic acids is 1. The summed E-state index contributed by atoms with van der Waals surface area (Å²) >= 11 is 0. The topological polar surface area (TPSA) is 98.5 Å². The lowest BCUT2D eigenvalue weighted by Crippen LogP contribution is -2.44. The van der Waals surface area contributed by atoms with Crippen molar-refractivity contribution in [3.63, 3.8) is 0 Å². The summed E-state index contributed by atoms with van der Waals surface area (Å²) in [5, 5.41) is 0. The van der Waals surface area contributed by atoms with Crippen LogP contribution in [0.15, 0.2) is 70.2 Å². The minimum atomic E-state index is -4.08. The summed E-state index contributed by atoms with van der Waals surface area (Å²) in [6.07, 6.45) is 1.99. The van der Waals surface area contributed by atoms with E-state index in [0.717, 1.165) is 22.0 Å². The molecule has 0 bridgehead atoms. The van der Waals surface area contributed by atoms with Gasteiger partial charge in [0.15, 0.2) is 11.5 Å². The summed E-state index contributed by atoms with van der Waals surface area (Å²) in [4.78, 5) is 14.9. The van der Waals surface area contributed by atoms with Gasteiger partial charge in [-0.15, -0.1) is 0 Å². The van der Waals surface area contributed by atoms with Gasteiger partial charge in [-0.05, 0) is 60.5 Å². The van der Waals surface area contributed by atoms with Crippen LogP contribution in [0.4, 0.5) is 4.39 Å². The Morgan fingerprint density at radius 1 is 0.973 bits per heavy atom. The van der Waals surface area contributed by atoms with Gasteiger partial charge in [0, 0.05) is 20.2 Å². The van der Waals surface area contributed by atoms with Crippen molar-refractivity contribution in [2.75, 3.05) is 47.6 Å². The Balaban J connectivity index is 1.81. The van der Waals surface area contributed by atoms with E-state index in [1.807, 2.05) is 12.1 Å². The lowest BCUT2D eigenvalue weighted by molar-refractivity contribution is -0.132. The van der Waals surface area contributed by atoms with Crippen molar-refractivity contribution in [2.24, 2.45) is 0 Å². The normalized spacial score (nSPS) is 11.5. The highest BCUT2D eigenvalue weighted by molar-refractivity contribution is 7.89. The number of hydrogen-bond acceptors (Lipinski definition) is 7. The van der Waals surface area contributed by atoms with Crippen LogP contribution in [0, 0.1) is 5.82 Å². The molecule has 3 rings (SSSR count). The maximum atomic E-state index is 13.5. The Bertz CT molecular complexity index is 1250. The van der Waals surface area contributed by atoms with Gasteiger partial charge in [-0.1, -0.05) is 6.07 Å². The quantitative estimate of drug-likeness (QED) is 0.313. The summed E-state index contributed by atoms with van der Waals surface area (Å²) in [5.41, 5.74) is 0.907. The number of halogens is 1. The molecular formula is C26H31FN2O7S. The van der Waals surface area contributed by atoms with Crippen molar-refractivity contribution in [3.05, 3.63) is 78.0 Å². The zero-order chi connectivity index (χ0) is 26.8. The zero-order valence-electron chi connectivity index (χ0n) is 21.1. The second kappa shape index (κ2) is 13.2. The van der Waals surface area contributed by atoms with Gasteiger partial charge in [0.2, 0.25) is 15.9 Å². The molecule has 2 aromatic carbocycles. The molecule has 3 aromatic rings. The fourth-order valence-corrected chi connectivity index (χ4v) is 5.04. The fraction of sp³-hybridized carbons (Fsp3) is 0.346. The van der Waals surface area contributed by atoms with E-state index in [1.165, 1.54) is 30.4 Å². The summed E-state index contributed by atoms with van der Waals surface area (Å²) in [6.45, 7) is 0.0665. The highest BCUT2D eigenvalue weighted by Gasteiger charge is 2.29. The molecule has 0 aliphatic heterocycles. The van der Waals surface area contributed by atoms with Gasteiger partial charge in [0.25, 0.3) is 0 Å². The van der Waals surface area contributed by atoms with Gasteiger partial charge in [-0.2, -0.15) is 4.31 Å². The van der Waals surface area contributed by atoms with E-state index in [-0.39, 0.29) is 24.6 Å². The summed E-state index contributed by atoms with van der Waals surface area (Å²) in [6, 6.07) is 13.4. The van der Waals surface area contributed by atoms with Crippen molar-refractivity contribution in [2.45, 2.75) is 17.9 Å². The molecule has 0 saturated heterocycles. The molecule has 11 heteroatoms. The van der Waals surface area contributed by atoms with Crippen LogP contribution >= 0.6 is 0 Å². The maximum Gasteiger partial charge on any atom is 0.243 e. The van der Waals surface area contributed by atoms with Crippen molar-refractivity contribution in [3.8, 4) is 11.5 Å². The molecule has 0 aliphatic rings. The Hall–Kier alpha value is -3.41. The first-order valence-electron chi connectivity index (χ1n) is 11.5. The summed E-state index contributed by atoms with van der Waals surface area (Å²) in [7, 11) is 0.460. The number of methoxy groups -OCH3 is 3. The van der Waals surface area contributed by atoms with Crippen LogP contribution in [-0.4, -0.2) is 71.1 Å². The van der Waals surface area contributed by atoms with Gasteiger partial charge in [-0.3, -0.25) is 4.79 Å². The number of sulfonamides is 1. The molecule has 1 heterocycles. The maximum absolute atomic E-state index is 13.5. The Morgan fingerprint density at radius 2 is 1.70 bits per heavy atom. The molecule has 0 fully saturated rings. The predicted octanol–water partition coefficient (Wildman–Crippen LogP) is 3.34. The predicted molar refractivity (Wildman–Crippen MR) is 134 cm³/mol. The molecule has 1 aromatic heterocycles. The highest BCUT2D eigenvalue weighted by atomic mass is 32.2. The standard InChI is InChI=1S/C26H31FN2O7S/c1-33-16-14-29(37(31,32)23-9-7-21(27)8-10-23)19-26(30)28(18-22-5-4-15-36-22)13-12-20-6-11-24(34-2)25(17-20)35-3/h4-11,15,17H,12-14,16,18-19H2,1-3H3. The van der Waals surface area contributed by atoms with Crippen molar-refractivity contribution in [1.82, 2.24) is 9.21 Å². The number of benzene rings is 2. The molecule has 0 atom stereocenters. The third kappa shape index (κ3) is 7.54. The van der Waals surface area contributed by atoms with Crippen LogP contribution in [0.2, 0.25) is 0 Å². The average Bonchev–Trinajstić information content (AvgIpc) is 3.42. The molecule has 200 valence electrons. The monoisotopic (exact) mass is 534 g/mol. The van der Waals surface area contributed by atoms with Crippen LogP contribution in [-0.2, 0) is 32.5 Å². The molecule has 1 amide bonds. The lowest BCUT2D eigenvalue weighted by Gasteiger charge is -2.27. The van der Waals surface area contributed by atoms with E-state index in [9.17, 15) is 17.6 Å². The van der Waals surface area contributed by atoms with Crippen LogP contribution in [0.1, 0.15) is 11.3 Å². The second-order valence-electron chi connectivity index (χ2n) is 8.12. The molecule has 0 radical (unpaired) electrons. The Labute approximate surface area is 216 Å². The van der Waals surface area contributed by atoms with Crippen molar-refractivity contribution >= 4 is 15.9 Å². The Kier molecular flexibility index (Phi) is 10.1. The van der Waals surface area contributed by atoms with E-state index in [4.69, 9.17) is 18.6 Å². The van der Waals surface area contributed by atoms with Gasteiger partial charge in [0.05, 0.1) is 45.1 Å². The van der Waals surface area contributed by atoms with Crippen LogP contribution in [0.5, 0.6) is 11.5 Å². The number of hydrogen-bond donors (Lipinski definition) is 0. The Morgan fingerprint density at radius 3 is 2.32 bits per heavy atom. The van der Waals surface area contributed by atoms with E-state index >= 15 is 0 Å². The third-order valence-corrected chi connectivity index (χ3v) is 7.57. The van der Waals surface area contributed by atoms with Gasteiger partial charge >= 0.3 is 0 Å². The minimum Gasteiger partial charge on any atom is -0.493 e. The van der Waals surface area contributed by atoms with Crippen LogP contribution in [0.3, 0.4) is 0 Å². The van der Waals surface area contributed by atoms with Gasteiger partial charge < -0.3 is 23.5 Å². The number of furan rings is 1. The average molecular weight is 535 g/mol. The first kappa shape index (κ1) is 28.2. The minimum absolute atomic E-state index is 0.0494. The smallest absolute Gasteiger partial charge is 0.243 e. The zero-order valence-corrected chi connectivity index (χ0v) is 21.9. The molecule has 0 spiro atoms. The SMILES string of the molecule is COCCN(CC(=O)N(CCc1ccc(OC)c(OC)c1)Cc1ccco1)S(=O)(=O)c1ccc(F)cc1. The fourth-order valence-electron chi connectivity index (χ4n) is 3.67. The highest BCUT2D eigenvalue weighted by Crippen LogP contribution is 2.28. The third-order valence-electron chi connectivity index (χ3n) is 5.71. The van der Waals surface area contributed by atoms with E-state index in [0.29, 0.717) is 30.2 Å². The molecule has 0 unspecified atom stereocenters. The molecule has 0 aliphatic carbocycles. The van der Waals surface area contributed by atoms with Crippen molar-refractivity contribution in [1.29, 1.82) is 0 Å². The van der Waals surface area contributed by atoms with Crippen LogP contribution in [0.25, 0.3) is 0 Å². The summed E-state index contributed by atoms with van der Waals surface area (Å²) < 4.78 is 62.1. The van der Waals surface area contributed by atoms with E-state index < -0.39 is 28.3 Å². The lowest BCUT2D eigenvalue weighted by atomic mass is 10.1. The number of nitrogens with zero attached hydrogens (tertiary/aromatic N) is 2. The number of carbonyl (C=O) groups is 1. The van der Waals surface area contributed by atoms with Crippen molar-refractivity contribution < 1.29 is 36.2 Å². The van der Waals surface area contributed by atoms with E-state index in [1.54, 1.807) is 32.4 Å². The summed E-state index contributed by atoms with van der Waals surface area (Å²) in [5.74, 6) is 0.747. The second-order valence-corrected chi connectivity index (χ2v) is 10.1. The first-order chi connectivity index (χ1) is 17.8.